The van der Waals surface area contributed by atoms with Gasteiger partial charge in [0, 0.05) is 45.3 Å². The van der Waals surface area contributed by atoms with E-state index >= 15 is 0 Å². The van der Waals surface area contributed by atoms with Crippen LogP contribution in [0.2, 0.25) is 0 Å². The van der Waals surface area contributed by atoms with E-state index in [0.717, 1.165) is 32.5 Å². The number of sulfonamides is 1. The third-order valence-corrected chi connectivity index (χ3v) is 8.62. The van der Waals surface area contributed by atoms with Gasteiger partial charge in [-0.05, 0) is 25.5 Å². The van der Waals surface area contributed by atoms with Crippen LogP contribution in [0.15, 0.2) is 30.3 Å². The van der Waals surface area contributed by atoms with E-state index < -0.39 is 15.7 Å². The summed E-state index contributed by atoms with van der Waals surface area (Å²) < 4.78 is 25.7. The van der Waals surface area contributed by atoms with Crippen LogP contribution >= 0.6 is 0 Å². The second-order valence-electron chi connectivity index (χ2n) is 9.13. The summed E-state index contributed by atoms with van der Waals surface area (Å²) >= 11 is 0. The number of piperazine rings is 1. The molecule has 1 spiro atoms. The zero-order valence-corrected chi connectivity index (χ0v) is 19.0. The van der Waals surface area contributed by atoms with Gasteiger partial charge in [0.25, 0.3) is 0 Å². The number of hydrogen-bond donors (Lipinski definition) is 1. The molecule has 1 aromatic rings. The van der Waals surface area contributed by atoms with Crippen molar-refractivity contribution in [1.82, 2.24) is 24.3 Å². The number of carbonyl (C=O) groups is 1. The fourth-order valence-electron chi connectivity index (χ4n) is 5.35. The summed E-state index contributed by atoms with van der Waals surface area (Å²) in [7, 11) is 0.333. The average Bonchev–Trinajstić information content (AvgIpc) is 2.94. The Bertz CT molecular complexity index is 885. The molecule has 0 saturated carbocycles. The first kappa shape index (κ1) is 21.7. The van der Waals surface area contributed by atoms with E-state index in [1.54, 1.807) is 7.05 Å². The number of carbonyl (C=O) groups excluding carboxylic acids is 1. The van der Waals surface area contributed by atoms with Crippen LogP contribution < -0.4 is 5.32 Å². The molecule has 1 atom stereocenters. The molecule has 1 unspecified atom stereocenters. The fourth-order valence-corrected chi connectivity index (χ4v) is 5.79. The van der Waals surface area contributed by atoms with E-state index in [-0.39, 0.29) is 18.0 Å². The van der Waals surface area contributed by atoms with Crippen LogP contribution in [-0.4, -0.2) is 104 Å². The summed E-state index contributed by atoms with van der Waals surface area (Å²) in [5.41, 5.74) is 0.554. The van der Waals surface area contributed by atoms with Gasteiger partial charge in [-0.3, -0.25) is 14.6 Å². The van der Waals surface area contributed by atoms with Crippen LogP contribution in [0.4, 0.5) is 0 Å². The Morgan fingerprint density at radius 1 is 1.17 bits per heavy atom. The lowest BCUT2D eigenvalue weighted by atomic mass is 9.86. The standard InChI is InChI=1S/C21H33N5O3S/c1-23(30(3,28)29)17-21-15-22-13-19(27)26(21)16-20(24(21)2)9-11-25(12-10-20)14-18-7-5-4-6-8-18/h4-8,22H,9-17H2,1-3H3. The van der Waals surface area contributed by atoms with Crippen molar-refractivity contribution in [3.05, 3.63) is 35.9 Å². The Labute approximate surface area is 179 Å². The molecule has 1 amide bonds. The molecular weight excluding hydrogens is 402 g/mol. The zero-order valence-electron chi connectivity index (χ0n) is 18.2. The highest BCUT2D eigenvalue weighted by Gasteiger charge is 2.61. The summed E-state index contributed by atoms with van der Waals surface area (Å²) in [4.78, 5) is 19.6. The number of nitrogens with one attached hydrogen (secondary N) is 1. The Balaban J connectivity index is 1.53. The van der Waals surface area contributed by atoms with Crippen molar-refractivity contribution in [2.75, 3.05) is 59.6 Å². The number of fused-ring (bicyclic) bond motifs is 1. The molecule has 9 heteroatoms. The molecule has 0 aromatic heterocycles. The third kappa shape index (κ3) is 3.78. The van der Waals surface area contributed by atoms with Crippen molar-refractivity contribution >= 4 is 15.9 Å². The highest BCUT2D eigenvalue weighted by atomic mass is 32.2. The first-order valence-corrected chi connectivity index (χ1v) is 12.4. The molecule has 30 heavy (non-hydrogen) atoms. The van der Waals surface area contributed by atoms with Gasteiger partial charge in [-0.25, -0.2) is 12.7 Å². The van der Waals surface area contributed by atoms with E-state index in [1.807, 2.05) is 11.0 Å². The Kier molecular flexibility index (Phi) is 5.69. The Morgan fingerprint density at radius 3 is 2.47 bits per heavy atom. The summed E-state index contributed by atoms with van der Waals surface area (Å²) in [6.07, 6.45) is 3.15. The summed E-state index contributed by atoms with van der Waals surface area (Å²) in [5.74, 6) is 0.0543. The van der Waals surface area contributed by atoms with Crippen LogP contribution in [0.1, 0.15) is 18.4 Å². The lowest BCUT2D eigenvalue weighted by Gasteiger charge is -2.50. The predicted molar refractivity (Wildman–Crippen MR) is 116 cm³/mol. The van der Waals surface area contributed by atoms with E-state index in [9.17, 15) is 13.2 Å². The predicted octanol–water partition coefficient (Wildman–Crippen LogP) is -0.0139. The Hall–Kier alpha value is -1.52. The monoisotopic (exact) mass is 435 g/mol. The van der Waals surface area contributed by atoms with Crippen molar-refractivity contribution in [2.24, 2.45) is 0 Å². The average molecular weight is 436 g/mol. The smallest absolute Gasteiger partial charge is 0.238 e. The number of piperidine rings is 1. The highest BCUT2D eigenvalue weighted by molar-refractivity contribution is 7.88. The maximum absolute atomic E-state index is 12.8. The van der Waals surface area contributed by atoms with Gasteiger partial charge in [0.2, 0.25) is 15.9 Å². The van der Waals surface area contributed by atoms with Crippen LogP contribution in [0.3, 0.4) is 0 Å². The van der Waals surface area contributed by atoms with Gasteiger partial charge in [0.05, 0.1) is 19.3 Å². The molecule has 8 nitrogen and oxygen atoms in total. The number of amides is 1. The van der Waals surface area contributed by atoms with Crippen LogP contribution in [0, 0.1) is 0 Å². The topological polar surface area (TPSA) is 76.2 Å². The van der Waals surface area contributed by atoms with Gasteiger partial charge in [0.1, 0.15) is 5.66 Å². The second kappa shape index (κ2) is 7.87. The summed E-state index contributed by atoms with van der Waals surface area (Å²) in [5, 5.41) is 3.23. The molecule has 3 aliphatic rings. The molecule has 3 aliphatic heterocycles. The molecule has 0 bridgehead atoms. The molecule has 0 aliphatic carbocycles. The number of nitrogens with zero attached hydrogens (tertiary/aromatic N) is 4. The molecule has 0 radical (unpaired) electrons. The zero-order chi connectivity index (χ0) is 21.6. The van der Waals surface area contributed by atoms with Gasteiger partial charge in [-0.1, -0.05) is 30.3 Å². The minimum Gasteiger partial charge on any atom is -0.319 e. The van der Waals surface area contributed by atoms with Crippen LogP contribution in [0.5, 0.6) is 0 Å². The van der Waals surface area contributed by atoms with Gasteiger partial charge >= 0.3 is 0 Å². The third-order valence-electron chi connectivity index (χ3n) is 7.35. The minimum atomic E-state index is -3.34. The molecule has 166 valence electrons. The van der Waals surface area contributed by atoms with Crippen LogP contribution in [0.25, 0.3) is 0 Å². The van der Waals surface area contributed by atoms with Gasteiger partial charge in [0.15, 0.2) is 0 Å². The van der Waals surface area contributed by atoms with Crippen LogP contribution in [-0.2, 0) is 21.4 Å². The number of benzene rings is 1. The van der Waals surface area contributed by atoms with E-state index in [0.29, 0.717) is 19.6 Å². The van der Waals surface area contributed by atoms with Crippen molar-refractivity contribution in [1.29, 1.82) is 0 Å². The van der Waals surface area contributed by atoms with Gasteiger partial charge < -0.3 is 10.2 Å². The highest BCUT2D eigenvalue weighted by Crippen LogP contribution is 2.44. The normalized spacial score (nSPS) is 27.7. The van der Waals surface area contributed by atoms with Crippen molar-refractivity contribution < 1.29 is 13.2 Å². The van der Waals surface area contributed by atoms with E-state index in [4.69, 9.17) is 0 Å². The molecule has 1 N–H and O–H groups in total. The molecule has 4 rings (SSSR count). The van der Waals surface area contributed by atoms with Crippen molar-refractivity contribution in [3.8, 4) is 0 Å². The molecule has 3 heterocycles. The van der Waals surface area contributed by atoms with Crippen molar-refractivity contribution in [2.45, 2.75) is 30.6 Å². The molecule has 1 aromatic carbocycles. The van der Waals surface area contributed by atoms with Crippen molar-refractivity contribution in [3.63, 3.8) is 0 Å². The maximum atomic E-state index is 12.8. The maximum Gasteiger partial charge on any atom is 0.238 e. The SMILES string of the molecule is CN1C2(CCN(Cc3ccccc3)CC2)CN2C(=O)CNCC21CN(C)S(C)(=O)=O. The summed E-state index contributed by atoms with van der Waals surface area (Å²) in [6, 6.07) is 10.5. The lowest BCUT2D eigenvalue weighted by molar-refractivity contribution is -0.143. The molecular formula is C21H33N5O3S. The summed E-state index contributed by atoms with van der Waals surface area (Å²) in [6.45, 7) is 4.70. The minimum absolute atomic E-state index is 0.0543. The number of hydrogen-bond acceptors (Lipinski definition) is 6. The first-order valence-electron chi connectivity index (χ1n) is 10.6. The first-order chi connectivity index (χ1) is 14.2. The second-order valence-corrected chi connectivity index (χ2v) is 11.2. The number of rotatable bonds is 5. The number of likely N-dealkylation sites (tertiary alicyclic amines) is 1. The largest absolute Gasteiger partial charge is 0.319 e. The van der Waals surface area contributed by atoms with Gasteiger partial charge in [-0.15, -0.1) is 0 Å². The fraction of sp³-hybridized carbons (Fsp3) is 0.667. The molecule has 3 fully saturated rings. The van der Waals surface area contributed by atoms with E-state index in [1.165, 1.54) is 16.1 Å². The molecule has 3 saturated heterocycles. The quantitative estimate of drug-likeness (QED) is 0.701. The lowest BCUT2D eigenvalue weighted by Crippen LogP contribution is -2.70. The van der Waals surface area contributed by atoms with Gasteiger partial charge in [-0.2, -0.15) is 0 Å². The number of likely N-dealkylation sites (N-methyl/N-ethyl adjacent to an activating group) is 2. The van der Waals surface area contributed by atoms with E-state index in [2.05, 4.69) is 46.4 Å². The Morgan fingerprint density at radius 2 is 1.83 bits per heavy atom.